The Hall–Kier alpha value is -4.70. The first-order valence-electron chi connectivity index (χ1n) is 13.7. The Kier molecular flexibility index (Phi) is 11.5. The Morgan fingerprint density at radius 3 is 2.42 bits per heavy atom. The fourth-order valence-corrected chi connectivity index (χ4v) is 5.40. The number of halogens is 2. The van der Waals surface area contributed by atoms with Gasteiger partial charge in [0.15, 0.2) is 17.2 Å². The molecular weight excluding hydrogens is 623 g/mol. The fourth-order valence-electron chi connectivity index (χ4n) is 5.40. The summed E-state index contributed by atoms with van der Waals surface area (Å²) in [6.45, 7) is 0. The van der Waals surface area contributed by atoms with Crippen molar-refractivity contribution in [1.82, 2.24) is 14.5 Å². The standard InChI is InChI=1S/C31H32N6O6.2ClH/c1-41-25-14-18(12-20-15-35-30(34)36-29(20)33)11-19(28(25)42-2)5-3-17-4-10-23-24(13-17)37(22-8-6-21(32)7-9-22)16-26(27(23)38)43-31(39)40;;/h4,10-11,13-16,21-22H,6-9,12,32H2,1-2H3,(H,39,40)(H4,33,34,35,36);2*1H. The highest BCUT2D eigenvalue weighted by Crippen LogP contribution is 2.34. The molecule has 4 aromatic rings. The lowest BCUT2D eigenvalue weighted by molar-refractivity contribution is 0.143. The van der Waals surface area contributed by atoms with Gasteiger partial charge in [-0.1, -0.05) is 11.8 Å². The van der Waals surface area contributed by atoms with Crippen molar-refractivity contribution in [3.63, 3.8) is 0 Å². The number of benzene rings is 2. The van der Waals surface area contributed by atoms with E-state index in [4.69, 9.17) is 31.4 Å². The van der Waals surface area contributed by atoms with Crippen LogP contribution in [0, 0.1) is 11.8 Å². The maximum atomic E-state index is 13.1. The van der Waals surface area contributed by atoms with Crippen LogP contribution < -0.4 is 36.8 Å². The van der Waals surface area contributed by atoms with Crippen molar-refractivity contribution in [3.8, 4) is 29.1 Å². The highest BCUT2D eigenvalue weighted by molar-refractivity contribution is 5.85. The monoisotopic (exact) mass is 656 g/mol. The number of nitrogen functional groups attached to an aromatic ring is 2. The second-order valence-corrected chi connectivity index (χ2v) is 10.3. The predicted octanol–water partition coefficient (Wildman–Crippen LogP) is 4.31. The van der Waals surface area contributed by atoms with Crippen LogP contribution in [0.25, 0.3) is 10.9 Å². The third-order valence-corrected chi connectivity index (χ3v) is 7.52. The van der Waals surface area contributed by atoms with Crippen LogP contribution in [0.3, 0.4) is 0 Å². The number of anilines is 2. The van der Waals surface area contributed by atoms with E-state index >= 15 is 0 Å². The molecule has 45 heavy (non-hydrogen) atoms. The lowest BCUT2D eigenvalue weighted by atomic mass is 9.91. The largest absolute Gasteiger partial charge is 0.511 e. The van der Waals surface area contributed by atoms with Gasteiger partial charge in [0.25, 0.3) is 0 Å². The van der Waals surface area contributed by atoms with Crippen LogP contribution in [0.5, 0.6) is 17.2 Å². The van der Waals surface area contributed by atoms with Crippen LogP contribution in [0.4, 0.5) is 16.6 Å². The van der Waals surface area contributed by atoms with Crippen LogP contribution in [-0.2, 0) is 6.42 Å². The summed E-state index contributed by atoms with van der Waals surface area (Å²) >= 11 is 0. The number of nitrogens with two attached hydrogens (primary N) is 3. The zero-order valence-electron chi connectivity index (χ0n) is 24.6. The number of hydrogen-bond acceptors (Lipinski definition) is 10. The van der Waals surface area contributed by atoms with E-state index in [2.05, 4.69) is 21.8 Å². The van der Waals surface area contributed by atoms with Gasteiger partial charge in [0.2, 0.25) is 11.4 Å². The number of fused-ring (bicyclic) bond motifs is 1. The molecule has 14 heteroatoms. The maximum Gasteiger partial charge on any atom is 0.511 e. The van der Waals surface area contributed by atoms with Gasteiger partial charge >= 0.3 is 6.16 Å². The first kappa shape index (κ1) is 34.8. The van der Waals surface area contributed by atoms with E-state index in [0.29, 0.717) is 45.5 Å². The van der Waals surface area contributed by atoms with E-state index in [1.165, 1.54) is 13.3 Å². The van der Waals surface area contributed by atoms with Gasteiger partial charge in [0.1, 0.15) is 5.82 Å². The summed E-state index contributed by atoms with van der Waals surface area (Å²) in [5, 5.41) is 9.52. The van der Waals surface area contributed by atoms with Crippen molar-refractivity contribution in [2.75, 3.05) is 25.7 Å². The lowest BCUT2D eigenvalue weighted by Gasteiger charge is -2.29. The number of carbonyl (C=O) groups is 1. The van der Waals surface area contributed by atoms with Crippen LogP contribution in [0.2, 0.25) is 0 Å². The summed E-state index contributed by atoms with van der Waals surface area (Å²) in [6.07, 6.45) is 5.13. The van der Waals surface area contributed by atoms with E-state index in [0.717, 1.165) is 31.2 Å². The Labute approximate surface area is 271 Å². The molecule has 0 bridgehead atoms. The molecule has 0 radical (unpaired) electrons. The average molecular weight is 658 g/mol. The summed E-state index contributed by atoms with van der Waals surface area (Å²) in [7, 11) is 3.08. The van der Waals surface area contributed by atoms with Crippen LogP contribution >= 0.6 is 24.8 Å². The maximum absolute atomic E-state index is 13.1. The number of carboxylic acid groups (broad SMARTS) is 1. The Balaban J connectivity index is 0.00000276. The molecule has 0 spiro atoms. The molecule has 1 saturated carbocycles. The quantitative estimate of drug-likeness (QED) is 0.171. The molecule has 1 aliphatic rings. The summed E-state index contributed by atoms with van der Waals surface area (Å²) in [4.78, 5) is 32.5. The Morgan fingerprint density at radius 2 is 1.78 bits per heavy atom. The highest BCUT2D eigenvalue weighted by atomic mass is 35.5. The Bertz CT molecular complexity index is 1830. The van der Waals surface area contributed by atoms with Gasteiger partial charge in [0, 0.05) is 41.2 Å². The molecule has 5 rings (SSSR count). The SMILES string of the molecule is COc1cc(Cc2cnc(N)nc2N)cc(C#Cc2ccc3c(=O)c(OC(=O)O)cn(C4CCC(N)CC4)c3c2)c1OC.Cl.Cl. The van der Waals surface area contributed by atoms with Gasteiger partial charge in [-0.05, 0) is 61.6 Å². The van der Waals surface area contributed by atoms with Crippen LogP contribution in [0.15, 0.2) is 47.5 Å². The van der Waals surface area contributed by atoms with E-state index < -0.39 is 11.6 Å². The summed E-state index contributed by atoms with van der Waals surface area (Å²) < 4.78 is 18.0. The van der Waals surface area contributed by atoms with Crippen molar-refractivity contribution in [3.05, 3.63) is 75.2 Å². The fraction of sp³-hybridized carbons (Fsp3) is 0.290. The van der Waals surface area contributed by atoms with E-state index in [1.807, 2.05) is 22.8 Å². The van der Waals surface area contributed by atoms with Gasteiger partial charge in [-0.15, -0.1) is 24.8 Å². The smallest absolute Gasteiger partial charge is 0.493 e. The van der Waals surface area contributed by atoms with Gasteiger partial charge < -0.3 is 41.1 Å². The third-order valence-electron chi connectivity index (χ3n) is 7.52. The molecule has 1 fully saturated rings. The highest BCUT2D eigenvalue weighted by Gasteiger charge is 2.23. The van der Waals surface area contributed by atoms with Gasteiger partial charge in [-0.3, -0.25) is 4.79 Å². The minimum atomic E-state index is -1.55. The molecular formula is C31H34Cl2N6O6. The predicted molar refractivity (Wildman–Crippen MR) is 176 cm³/mol. The molecule has 0 atom stereocenters. The zero-order valence-corrected chi connectivity index (χ0v) is 26.2. The van der Waals surface area contributed by atoms with Crippen molar-refractivity contribution in [2.45, 2.75) is 44.2 Å². The van der Waals surface area contributed by atoms with Crippen molar-refractivity contribution < 1.29 is 24.1 Å². The third kappa shape index (κ3) is 7.69. The molecule has 2 heterocycles. The lowest BCUT2D eigenvalue weighted by Crippen LogP contribution is -2.28. The van der Waals surface area contributed by atoms with E-state index in [9.17, 15) is 14.7 Å². The van der Waals surface area contributed by atoms with Crippen molar-refractivity contribution in [1.29, 1.82) is 0 Å². The number of aromatic nitrogens is 3. The van der Waals surface area contributed by atoms with Crippen LogP contribution in [-0.4, -0.2) is 46.1 Å². The summed E-state index contributed by atoms with van der Waals surface area (Å²) in [6, 6.07) is 9.02. The zero-order chi connectivity index (χ0) is 30.7. The van der Waals surface area contributed by atoms with E-state index in [1.54, 1.807) is 25.4 Å². The molecule has 0 amide bonds. The minimum Gasteiger partial charge on any atom is -0.493 e. The topological polar surface area (TPSA) is 191 Å². The molecule has 0 aliphatic heterocycles. The molecule has 0 unspecified atom stereocenters. The van der Waals surface area contributed by atoms with Crippen LogP contribution in [0.1, 0.15) is 54.0 Å². The molecule has 0 saturated heterocycles. The molecule has 12 nitrogen and oxygen atoms in total. The number of methoxy groups -OCH3 is 2. The molecule has 2 aromatic carbocycles. The average Bonchev–Trinajstić information content (AvgIpc) is 2.98. The normalized spacial score (nSPS) is 15.5. The molecule has 1 aliphatic carbocycles. The van der Waals surface area contributed by atoms with E-state index in [-0.39, 0.29) is 54.4 Å². The van der Waals surface area contributed by atoms with Crippen molar-refractivity contribution >= 4 is 53.6 Å². The van der Waals surface area contributed by atoms with Gasteiger partial charge in [0.05, 0.1) is 31.5 Å². The second kappa shape index (κ2) is 14.9. The Morgan fingerprint density at radius 1 is 1.04 bits per heavy atom. The van der Waals surface area contributed by atoms with Crippen molar-refractivity contribution in [2.24, 2.45) is 5.73 Å². The van der Waals surface area contributed by atoms with Gasteiger partial charge in [-0.2, -0.15) is 4.98 Å². The number of pyridine rings is 1. The van der Waals surface area contributed by atoms with Gasteiger partial charge in [-0.25, -0.2) is 9.78 Å². The minimum absolute atomic E-state index is 0. The number of rotatable bonds is 6. The molecule has 2 aromatic heterocycles. The first-order valence-corrected chi connectivity index (χ1v) is 13.7. The number of nitrogens with zero attached hydrogens (tertiary/aromatic N) is 3. The summed E-state index contributed by atoms with van der Waals surface area (Å²) in [5.74, 6) is 7.46. The number of hydrogen-bond donors (Lipinski definition) is 4. The molecule has 7 N–H and O–H groups in total. The summed E-state index contributed by atoms with van der Waals surface area (Å²) in [5.41, 5.74) is 20.7. The number of ether oxygens (including phenoxy) is 3. The molecule has 238 valence electrons. The first-order chi connectivity index (χ1) is 20.7. The second-order valence-electron chi connectivity index (χ2n) is 10.3.